The largest absolute Gasteiger partial charge is 0.399 e. The van der Waals surface area contributed by atoms with Crippen LogP contribution in [0.25, 0.3) is 0 Å². The lowest BCUT2D eigenvalue weighted by atomic mass is 9.94. The van der Waals surface area contributed by atoms with Crippen molar-refractivity contribution in [3.8, 4) is 0 Å². The number of hydrogen-bond acceptors (Lipinski definition) is 3. The predicted octanol–water partition coefficient (Wildman–Crippen LogP) is 2.45. The summed E-state index contributed by atoms with van der Waals surface area (Å²) in [5.74, 6) is 0.0178. The van der Waals surface area contributed by atoms with Gasteiger partial charge in [-0.3, -0.25) is 4.79 Å². The normalized spacial score (nSPS) is 14.2. The molecule has 0 aliphatic carbocycles. The molecule has 0 fully saturated rings. The number of benzene rings is 1. The molecule has 1 rings (SSSR count). The second-order valence-corrected chi connectivity index (χ2v) is 5.92. The van der Waals surface area contributed by atoms with Gasteiger partial charge in [0.1, 0.15) is 0 Å². The molecule has 0 spiro atoms. The standard InChI is InChI=1S/C14H21ClN2O2/c1-9(2)7-14(3,19)8-17-13(18)11-6-10(16)4-5-12(11)15/h4-6,9,19H,7-8,16H2,1-3H3,(H,17,18). The lowest BCUT2D eigenvalue weighted by molar-refractivity contribution is 0.0368. The highest BCUT2D eigenvalue weighted by atomic mass is 35.5. The van der Waals surface area contributed by atoms with Gasteiger partial charge in [0.25, 0.3) is 5.91 Å². The molecule has 0 heterocycles. The zero-order valence-electron chi connectivity index (χ0n) is 11.5. The first kappa shape index (κ1) is 15.8. The first-order valence-corrected chi connectivity index (χ1v) is 6.64. The van der Waals surface area contributed by atoms with Crippen LogP contribution in [0.2, 0.25) is 5.02 Å². The Hall–Kier alpha value is -1.26. The number of nitrogen functional groups attached to an aromatic ring is 1. The number of carbonyl (C=O) groups excluding carboxylic acids is 1. The fourth-order valence-electron chi connectivity index (χ4n) is 2.03. The van der Waals surface area contributed by atoms with E-state index in [1.807, 2.05) is 13.8 Å². The fourth-order valence-corrected chi connectivity index (χ4v) is 2.24. The maximum Gasteiger partial charge on any atom is 0.252 e. The summed E-state index contributed by atoms with van der Waals surface area (Å²) in [7, 11) is 0. The summed E-state index contributed by atoms with van der Waals surface area (Å²) in [6, 6.07) is 4.74. The maximum absolute atomic E-state index is 12.0. The van der Waals surface area contributed by atoms with Gasteiger partial charge in [0.2, 0.25) is 0 Å². The molecule has 1 amide bonds. The van der Waals surface area contributed by atoms with Gasteiger partial charge in [0.05, 0.1) is 16.2 Å². The van der Waals surface area contributed by atoms with Gasteiger partial charge < -0.3 is 16.2 Å². The maximum atomic E-state index is 12.0. The molecular formula is C14H21ClN2O2. The van der Waals surface area contributed by atoms with Crippen LogP contribution in [0.5, 0.6) is 0 Å². The van der Waals surface area contributed by atoms with Crippen LogP contribution < -0.4 is 11.1 Å². The molecule has 1 aromatic carbocycles. The molecular weight excluding hydrogens is 264 g/mol. The van der Waals surface area contributed by atoms with E-state index in [9.17, 15) is 9.90 Å². The zero-order chi connectivity index (χ0) is 14.6. The molecule has 1 unspecified atom stereocenters. The fraction of sp³-hybridized carbons (Fsp3) is 0.500. The van der Waals surface area contributed by atoms with Crippen molar-refractivity contribution >= 4 is 23.2 Å². The van der Waals surface area contributed by atoms with Crippen LogP contribution in [0.3, 0.4) is 0 Å². The van der Waals surface area contributed by atoms with Crippen molar-refractivity contribution < 1.29 is 9.90 Å². The Morgan fingerprint density at radius 1 is 1.53 bits per heavy atom. The van der Waals surface area contributed by atoms with Crippen LogP contribution in [0.4, 0.5) is 5.69 Å². The Labute approximate surface area is 118 Å². The Balaban J connectivity index is 2.68. The summed E-state index contributed by atoms with van der Waals surface area (Å²) >= 11 is 5.95. The van der Waals surface area contributed by atoms with Gasteiger partial charge in [0.15, 0.2) is 0 Å². The Kier molecular flexibility index (Phi) is 5.20. The summed E-state index contributed by atoms with van der Waals surface area (Å²) in [4.78, 5) is 12.0. The van der Waals surface area contributed by atoms with Crippen LogP contribution in [0, 0.1) is 5.92 Å². The number of amides is 1. The number of hydrogen-bond donors (Lipinski definition) is 3. The highest BCUT2D eigenvalue weighted by molar-refractivity contribution is 6.34. The molecule has 0 saturated carbocycles. The average molecular weight is 285 g/mol. The first-order valence-electron chi connectivity index (χ1n) is 6.27. The summed E-state index contributed by atoms with van der Waals surface area (Å²) in [5.41, 5.74) is 5.49. The number of anilines is 1. The van der Waals surface area contributed by atoms with Crippen molar-refractivity contribution in [3.05, 3.63) is 28.8 Å². The Morgan fingerprint density at radius 2 is 2.16 bits per heavy atom. The lowest BCUT2D eigenvalue weighted by Gasteiger charge is -2.25. The van der Waals surface area contributed by atoms with Crippen molar-refractivity contribution in [1.82, 2.24) is 5.32 Å². The van der Waals surface area contributed by atoms with Crippen LogP contribution >= 0.6 is 11.6 Å². The quantitative estimate of drug-likeness (QED) is 0.727. The summed E-state index contributed by atoms with van der Waals surface area (Å²) < 4.78 is 0. The van der Waals surface area contributed by atoms with Crippen molar-refractivity contribution in [2.45, 2.75) is 32.8 Å². The number of rotatable bonds is 5. The van der Waals surface area contributed by atoms with Gasteiger partial charge in [-0.2, -0.15) is 0 Å². The number of halogens is 1. The van der Waals surface area contributed by atoms with E-state index in [1.54, 1.807) is 19.1 Å². The van der Waals surface area contributed by atoms with E-state index in [0.717, 1.165) is 0 Å². The molecule has 4 N–H and O–H groups in total. The van der Waals surface area contributed by atoms with Crippen LogP contribution in [0.1, 0.15) is 37.6 Å². The van der Waals surface area contributed by atoms with E-state index in [4.69, 9.17) is 17.3 Å². The smallest absolute Gasteiger partial charge is 0.252 e. The molecule has 0 aromatic heterocycles. The zero-order valence-corrected chi connectivity index (χ0v) is 12.3. The van der Waals surface area contributed by atoms with Crippen LogP contribution in [-0.4, -0.2) is 23.2 Å². The third-order valence-corrected chi connectivity index (χ3v) is 3.04. The summed E-state index contributed by atoms with van der Waals surface area (Å²) in [5, 5.41) is 13.2. The number of aliphatic hydroxyl groups is 1. The number of nitrogens with one attached hydrogen (secondary N) is 1. The Morgan fingerprint density at radius 3 is 2.74 bits per heavy atom. The third-order valence-electron chi connectivity index (χ3n) is 2.71. The molecule has 4 nitrogen and oxygen atoms in total. The molecule has 106 valence electrons. The van der Waals surface area contributed by atoms with E-state index < -0.39 is 5.60 Å². The molecule has 0 aliphatic rings. The molecule has 19 heavy (non-hydrogen) atoms. The first-order chi connectivity index (χ1) is 8.71. The average Bonchev–Trinajstić information content (AvgIpc) is 2.27. The van der Waals surface area contributed by atoms with Gasteiger partial charge in [-0.15, -0.1) is 0 Å². The minimum absolute atomic E-state index is 0.176. The van der Waals surface area contributed by atoms with Crippen molar-refractivity contribution in [2.75, 3.05) is 12.3 Å². The van der Waals surface area contributed by atoms with E-state index in [-0.39, 0.29) is 12.5 Å². The van der Waals surface area contributed by atoms with Crippen molar-refractivity contribution in [1.29, 1.82) is 0 Å². The van der Waals surface area contributed by atoms with E-state index in [1.165, 1.54) is 6.07 Å². The summed E-state index contributed by atoms with van der Waals surface area (Å²) in [6.07, 6.45) is 0.609. The van der Waals surface area contributed by atoms with E-state index in [0.29, 0.717) is 28.6 Å². The highest BCUT2D eigenvalue weighted by Gasteiger charge is 2.23. The highest BCUT2D eigenvalue weighted by Crippen LogP contribution is 2.19. The van der Waals surface area contributed by atoms with Gasteiger partial charge in [0, 0.05) is 12.2 Å². The topological polar surface area (TPSA) is 75.3 Å². The molecule has 0 saturated heterocycles. The predicted molar refractivity (Wildman–Crippen MR) is 78.3 cm³/mol. The molecule has 0 radical (unpaired) electrons. The second-order valence-electron chi connectivity index (χ2n) is 5.52. The lowest BCUT2D eigenvalue weighted by Crippen LogP contribution is -2.41. The van der Waals surface area contributed by atoms with Gasteiger partial charge in [-0.1, -0.05) is 25.4 Å². The van der Waals surface area contributed by atoms with E-state index in [2.05, 4.69) is 5.32 Å². The minimum Gasteiger partial charge on any atom is -0.399 e. The van der Waals surface area contributed by atoms with Crippen molar-refractivity contribution in [2.24, 2.45) is 5.92 Å². The molecule has 0 bridgehead atoms. The second kappa shape index (κ2) is 6.26. The number of nitrogens with two attached hydrogens (primary N) is 1. The molecule has 0 aliphatic heterocycles. The summed E-state index contributed by atoms with van der Waals surface area (Å²) in [6.45, 7) is 5.92. The molecule has 1 atom stereocenters. The third kappa shape index (κ3) is 5.09. The van der Waals surface area contributed by atoms with Crippen LogP contribution in [-0.2, 0) is 0 Å². The Bertz CT molecular complexity index is 459. The molecule has 5 heteroatoms. The number of carbonyl (C=O) groups is 1. The van der Waals surface area contributed by atoms with Gasteiger partial charge >= 0.3 is 0 Å². The van der Waals surface area contributed by atoms with Crippen LogP contribution in [0.15, 0.2) is 18.2 Å². The SMILES string of the molecule is CC(C)CC(C)(O)CNC(=O)c1cc(N)ccc1Cl. The van der Waals surface area contributed by atoms with Crippen molar-refractivity contribution in [3.63, 3.8) is 0 Å². The minimum atomic E-state index is -0.934. The van der Waals surface area contributed by atoms with Gasteiger partial charge in [-0.05, 0) is 37.5 Å². The monoisotopic (exact) mass is 284 g/mol. The van der Waals surface area contributed by atoms with E-state index >= 15 is 0 Å². The van der Waals surface area contributed by atoms with Gasteiger partial charge in [-0.25, -0.2) is 0 Å². The molecule has 1 aromatic rings.